The van der Waals surface area contributed by atoms with Crippen molar-refractivity contribution in [3.63, 3.8) is 0 Å². The molecule has 3 rings (SSSR count). The molecule has 1 amide bonds. The summed E-state index contributed by atoms with van der Waals surface area (Å²) < 4.78 is 3.14. The standard InChI is InChI=1S/C16H17N5O3S/c1-25-10-14-17-11-4-2-3-5-12(11)21(14)8-15(22)18-13-6-7-20(19-13)9-16(23)24/h2-7H,8-10H2,1H3,(H,23,24)(H,18,19,22). The SMILES string of the molecule is CSCc1nc2ccccc2n1CC(=O)Nc1ccn(CC(=O)O)n1. The van der Waals surface area contributed by atoms with Crippen LogP contribution in [0.4, 0.5) is 5.82 Å². The molecule has 2 N–H and O–H groups in total. The van der Waals surface area contributed by atoms with E-state index in [0.29, 0.717) is 11.6 Å². The zero-order chi connectivity index (χ0) is 17.8. The predicted octanol–water partition coefficient (Wildman–Crippen LogP) is 1.82. The number of carboxylic acid groups (broad SMARTS) is 1. The highest BCUT2D eigenvalue weighted by atomic mass is 32.2. The number of carboxylic acids is 1. The molecule has 9 heteroatoms. The van der Waals surface area contributed by atoms with E-state index in [1.165, 1.54) is 10.9 Å². The molecule has 25 heavy (non-hydrogen) atoms. The van der Waals surface area contributed by atoms with Crippen LogP contribution in [-0.4, -0.2) is 42.6 Å². The molecule has 8 nitrogen and oxygen atoms in total. The molecule has 3 aromatic rings. The summed E-state index contributed by atoms with van der Waals surface area (Å²) in [6.45, 7) is -0.137. The summed E-state index contributed by atoms with van der Waals surface area (Å²) in [5.74, 6) is 0.621. The Labute approximate surface area is 147 Å². The van der Waals surface area contributed by atoms with Crippen LogP contribution in [0.3, 0.4) is 0 Å². The summed E-state index contributed by atoms with van der Waals surface area (Å²) in [7, 11) is 0. The molecule has 0 saturated carbocycles. The number of imidazole rings is 1. The third kappa shape index (κ3) is 4.00. The lowest BCUT2D eigenvalue weighted by atomic mass is 10.3. The van der Waals surface area contributed by atoms with Gasteiger partial charge in [-0.2, -0.15) is 16.9 Å². The van der Waals surface area contributed by atoms with Gasteiger partial charge in [-0.25, -0.2) is 4.98 Å². The number of aliphatic carboxylic acids is 1. The number of nitrogens with zero attached hydrogens (tertiary/aromatic N) is 4. The average molecular weight is 359 g/mol. The summed E-state index contributed by atoms with van der Waals surface area (Å²) in [5, 5.41) is 15.5. The number of amides is 1. The van der Waals surface area contributed by atoms with Crippen molar-refractivity contribution >= 4 is 40.5 Å². The summed E-state index contributed by atoms with van der Waals surface area (Å²) in [6.07, 6.45) is 3.49. The minimum absolute atomic E-state index is 0.113. The van der Waals surface area contributed by atoms with Crippen molar-refractivity contribution in [2.24, 2.45) is 0 Å². The number of rotatable bonds is 7. The molecule has 0 bridgehead atoms. The molecule has 0 atom stereocenters. The number of anilines is 1. The Hall–Kier alpha value is -2.81. The van der Waals surface area contributed by atoms with Crippen molar-refractivity contribution in [2.45, 2.75) is 18.8 Å². The lowest BCUT2D eigenvalue weighted by Gasteiger charge is -2.08. The number of carbonyl (C=O) groups excluding carboxylic acids is 1. The summed E-state index contributed by atoms with van der Waals surface area (Å²) in [4.78, 5) is 27.6. The molecule has 0 aliphatic carbocycles. The van der Waals surface area contributed by atoms with Crippen LogP contribution in [0.15, 0.2) is 36.5 Å². The zero-order valence-corrected chi connectivity index (χ0v) is 14.4. The number of hydrogen-bond acceptors (Lipinski definition) is 5. The van der Waals surface area contributed by atoms with E-state index in [1.807, 2.05) is 35.1 Å². The van der Waals surface area contributed by atoms with Crippen LogP contribution in [0.5, 0.6) is 0 Å². The molecule has 0 fully saturated rings. The third-order valence-electron chi connectivity index (χ3n) is 3.51. The van der Waals surface area contributed by atoms with Crippen LogP contribution >= 0.6 is 11.8 Å². The van der Waals surface area contributed by atoms with Crippen molar-refractivity contribution in [1.29, 1.82) is 0 Å². The molecular weight excluding hydrogens is 342 g/mol. The van der Waals surface area contributed by atoms with Gasteiger partial charge in [0, 0.05) is 12.3 Å². The van der Waals surface area contributed by atoms with E-state index in [4.69, 9.17) is 5.11 Å². The maximum Gasteiger partial charge on any atom is 0.325 e. The Bertz CT molecular complexity index is 918. The summed E-state index contributed by atoms with van der Waals surface area (Å²) in [6, 6.07) is 9.24. The molecule has 2 aromatic heterocycles. The Morgan fingerprint density at radius 2 is 2.04 bits per heavy atom. The van der Waals surface area contributed by atoms with Gasteiger partial charge in [0.15, 0.2) is 5.82 Å². The second kappa shape index (κ2) is 7.39. The van der Waals surface area contributed by atoms with Crippen molar-refractivity contribution in [3.8, 4) is 0 Å². The number of benzene rings is 1. The topological polar surface area (TPSA) is 102 Å². The van der Waals surface area contributed by atoms with E-state index < -0.39 is 5.97 Å². The molecule has 0 saturated heterocycles. The molecule has 130 valence electrons. The van der Waals surface area contributed by atoms with Crippen LogP contribution in [0, 0.1) is 0 Å². The Kier molecular flexibility index (Phi) is 5.03. The van der Waals surface area contributed by atoms with Crippen LogP contribution in [0.25, 0.3) is 11.0 Å². The number of hydrogen-bond donors (Lipinski definition) is 2. The zero-order valence-electron chi connectivity index (χ0n) is 13.5. The first-order valence-electron chi connectivity index (χ1n) is 7.55. The van der Waals surface area contributed by atoms with E-state index in [0.717, 1.165) is 16.9 Å². The van der Waals surface area contributed by atoms with Gasteiger partial charge in [-0.3, -0.25) is 14.3 Å². The fourth-order valence-corrected chi connectivity index (χ4v) is 3.00. The maximum atomic E-state index is 12.4. The summed E-state index contributed by atoms with van der Waals surface area (Å²) in [5.41, 5.74) is 1.75. The largest absolute Gasteiger partial charge is 0.480 e. The molecule has 2 heterocycles. The second-order valence-electron chi connectivity index (χ2n) is 5.38. The van der Waals surface area contributed by atoms with Gasteiger partial charge in [0.05, 0.1) is 16.8 Å². The van der Waals surface area contributed by atoms with Crippen molar-refractivity contribution in [2.75, 3.05) is 11.6 Å². The minimum atomic E-state index is -0.993. The van der Waals surface area contributed by atoms with E-state index in [1.54, 1.807) is 17.8 Å². The molecule has 0 aliphatic heterocycles. The first-order chi connectivity index (χ1) is 12.1. The number of para-hydroxylation sites is 2. The van der Waals surface area contributed by atoms with Gasteiger partial charge in [0.2, 0.25) is 5.91 Å². The van der Waals surface area contributed by atoms with Crippen LogP contribution < -0.4 is 5.32 Å². The molecule has 0 aliphatic rings. The molecule has 0 radical (unpaired) electrons. The third-order valence-corrected chi connectivity index (χ3v) is 4.06. The van der Waals surface area contributed by atoms with Gasteiger partial charge < -0.3 is 15.0 Å². The normalized spacial score (nSPS) is 10.9. The van der Waals surface area contributed by atoms with Gasteiger partial charge in [0.1, 0.15) is 18.9 Å². The quantitative estimate of drug-likeness (QED) is 0.667. The van der Waals surface area contributed by atoms with Gasteiger partial charge in [-0.1, -0.05) is 12.1 Å². The highest BCUT2D eigenvalue weighted by molar-refractivity contribution is 7.97. The van der Waals surface area contributed by atoms with Gasteiger partial charge >= 0.3 is 5.97 Å². The Morgan fingerprint density at radius 3 is 2.80 bits per heavy atom. The van der Waals surface area contributed by atoms with E-state index in [9.17, 15) is 9.59 Å². The Balaban J connectivity index is 1.76. The minimum Gasteiger partial charge on any atom is -0.480 e. The van der Waals surface area contributed by atoms with Gasteiger partial charge in [-0.15, -0.1) is 0 Å². The van der Waals surface area contributed by atoms with Gasteiger partial charge in [0.25, 0.3) is 0 Å². The maximum absolute atomic E-state index is 12.4. The predicted molar refractivity (Wildman–Crippen MR) is 95.4 cm³/mol. The lowest BCUT2D eigenvalue weighted by Crippen LogP contribution is -2.20. The van der Waals surface area contributed by atoms with E-state index in [2.05, 4.69) is 15.4 Å². The number of carbonyl (C=O) groups is 2. The summed E-state index contributed by atoms with van der Waals surface area (Å²) >= 11 is 1.64. The van der Waals surface area contributed by atoms with Crippen molar-refractivity contribution in [3.05, 3.63) is 42.4 Å². The number of nitrogens with one attached hydrogen (secondary N) is 1. The molecule has 1 aromatic carbocycles. The smallest absolute Gasteiger partial charge is 0.325 e. The monoisotopic (exact) mass is 359 g/mol. The first-order valence-corrected chi connectivity index (χ1v) is 8.94. The fraction of sp³-hybridized carbons (Fsp3) is 0.250. The number of fused-ring (bicyclic) bond motifs is 1. The van der Waals surface area contributed by atoms with E-state index in [-0.39, 0.29) is 19.0 Å². The van der Waals surface area contributed by atoms with Crippen LogP contribution in [-0.2, 0) is 28.4 Å². The molecule has 0 spiro atoms. The number of aromatic nitrogens is 4. The fourth-order valence-electron chi connectivity index (χ4n) is 2.52. The lowest BCUT2D eigenvalue weighted by molar-refractivity contribution is -0.137. The average Bonchev–Trinajstić information content (AvgIpc) is 3.12. The highest BCUT2D eigenvalue weighted by Crippen LogP contribution is 2.19. The van der Waals surface area contributed by atoms with E-state index >= 15 is 0 Å². The second-order valence-corrected chi connectivity index (χ2v) is 6.24. The van der Waals surface area contributed by atoms with Crippen LogP contribution in [0.1, 0.15) is 5.82 Å². The van der Waals surface area contributed by atoms with Crippen LogP contribution in [0.2, 0.25) is 0 Å². The number of thioether (sulfide) groups is 1. The van der Waals surface area contributed by atoms with Crippen molar-refractivity contribution in [1.82, 2.24) is 19.3 Å². The first kappa shape index (κ1) is 17.0. The highest BCUT2D eigenvalue weighted by Gasteiger charge is 2.14. The Morgan fingerprint density at radius 1 is 1.24 bits per heavy atom. The van der Waals surface area contributed by atoms with Crippen molar-refractivity contribution < 1.29 is 14.7 Å². The molecular formula is C16H17N5O3S. The van der Waals surface area contributed by atoms with Gasteiger partial charge in [-0.05, 0) is 18.4 Å². The molecule has 0 unspecified atom stereocenters.